The van der Waals surface area contributed by atoms with Gasteiger partial charge in [-0.05, 0) is 44.0 Å². The van der Waals surface area contributed by atoms with E-state index in [1.165, 1.54) is 4.68 Å². The minimum atomic E-state index is -0.152. The summed E-state index contributed by atoms with van der Waals surface area (Å²) in [5.74, 6) is 1.57. The van der Waals surface area contributed by atoms with E-state index in [1.807, 2.05) is 66.4 Å². The first-order valence-electron chi connectivity index (χ1n) is 10.2. The molecular formula is C23H26N4O3. The number of para-hydroxylation sites is 1. The Labute approximate surface area is 175 Å². The molecule has 7 heteroatoms. The lowest BCUT2D eigenvalue weighted by Gasteiger charge is -2.31. The third-order valence-electron chi connectivity index (χ3n) is 5.56. The first kappa shape index (κ1) is 19.9. The molecule has 0 atom stereocenters. The van der Waals surface area contributed by atoms with E-state index in [4.69, 9.17) is 4.74 Å². The average molecular weight is 406 g/mol. The lowest BCUT2D eigenvalue weighted by atomic mass is 9.95. The second kappa shape index (κ2) is 8.57. The number of nitrogens with zero attached hydrogens (tertiary/aromatic N) is 4. The lowest BCUT2D eigenvalue weighted by Crippen LogP contribution is -2.41. The number of hydrogen-bond donors (Lipinski definition) is 0. The van der Waals surface area contributed by atoms with E-state index in [0.29, 0.717) is 18.8 Å². The maximum absolute atomic E-state index is 12.6. The lowest BCUT2D eigenvalue weighted by molar-refractivity contribution is -0.134. The molecule has 0 saturated carbocycles. The summed E-state index contributed by atoms with van der Waals surface area (Å²) in [6, 6.07) is 17.2. The topological polar surface area (TPSA) is 69.4 Å². The number of hydrogen-bond acceptors (Lipinski definition) is 4. The third-order valence-corrected chi connectivity index (χ3v) is 5.56. The summed E-state index contributed by atoms with van der Waals surface area (Å²) < 4.78 is 8.70. The highest BCUT2D eigenvalue weighted by molar-refractivity contribution is 5.77. The van der Waals surface area contributed by atoms with Crippen molar-refractivity contribution >= 4 is 5.91 Å². The van der Waals surface area contributed by atoms with Gasteiger partial charge in [-0.3, -0.25) is 4.79 Å². The van der Waals surface area contributed by atoms with E-state index in [0.717, 1.165) is 29.9 Å². The number of aromatic nitrogens is 3. The van der Waals surface area contributed by atoms with Crippen LogP contribution in [0.5, 0.6) is 5.75 Å². The molecule has 1 aliphatic heterocycles. The zero-order valence-corrected chi connectivity index (χ0v) is 17.3. The Hall–Kier alpha value is -3.35. The normalized spacial score (nSPS) is 14.7. The van der Waals surface area contributed by atoms with E-state index in [9.17, 15) is 9.59 Å². The summed E-state index contributed by atoms with van der Waals surface area (Å²) in [4.78, 5) is 27.0. The Morgan fingerprint density at radius 3 is 2.40 bits per heavy atom. The minimum absolute atomic E-state index is 0.0181. The summed E-state index contributed by atoms with van der Waals surface area (Å²) in [6.45, 7) is 3.30. The summed E-state index contributed by atoms with van der Waals surface area (Å²) in [6.07, 6.45) is 1.53. The van der Waals surface area contributed by atoms with Gasteiger partial charge in [0, 0.05) is 26.1 Å². The average Bonchev–Trinajstić information content (AvgIpc) is 3.08. The maximum atomic E-state index is 12.6. The van der Waals surface area contributed by atoms with Crippen molar-refractivity contribution in [2.75, 3.05) is 19.7 Å². The van der Waals surface area contributed by atoms with E-state index in [-0.39, 0.29) is 24.1 Å². The van der Waals surface area contributed by atoms with E-state index >= 15 is 0 Å². The fourth-order valence-electron chi connectivity index (χ4n) is 3.83. The van der Waals surface area contributed by atoms with Crippen LogP contribution in [0.4, 0.5) is 0 Å². The fourth-order valence-corrected chi connectivity index (χ4v) is 3.83. The Morgan fingerprint density at radius 1 is 1.07 bits per heavy atom. The van der Waals surface area contributed by atoms with Crippen LogP contribution in [0.1, 0.15) is 30.1 Å². The van der Waals surface area contributed by atoms with Crippen molar-refractivity contribution in [3.05, 3.63) is 76.5 Å². The molecule has 1 fully saturated rings. The Bertz CT molecular complexity index is 1060. The molecule has 0 spiro atoms. The highest BCUT2D eigenvalue weighted by Crippen LogP contribution is 2.27. The van der Waals surface area contributed by atoms with Crippen molar-refractivity contribution < 1.29 is 9.53 Å². The van der Waals surface area contributed by atoms with E-state index in [2.05, 4.69) is 5.10 Å². The number of piperidine rings is 1. The number of aryl methyl sites for hydroxylation is 2. The maximum Gasteiger partial charge on any atom is 0.350 e. The monoisotopic (exact) mass is 406 g/mol. The van der Waals surface area contributed by atoms with Gasteiger partial charge in [0.05, 0.1) is 5.69 Å². The zero-order valence-electron chi connectivity index (χ0n) is 17.3. The van der Waals surface area contributed by atoms with Gasteiger partial charge in [-0.1, -0.05) is 35.9 Å². The molecule has 2 aromatic carbocycles. The third kappa shape index (κ3) is 4.15. The second-order valence-corrected chi connectivity index (χ2v) is 7.69. The van der Waals surface area contributed by atoms with E-state index in [1.54, 1.807) is 11.6 Å². The van der Waals surface area contributed by atoms with Crippen LogP contribution in [0.25, 0.3) is 5.69 Å². The van der Waals surface area contributed by atoms with Crippen LogP contribution in [0, 0.1) is 6.92 Å². The van der Waals surface area contributed by atoms with Gasteiger partial charge in [-0.25, -0.2) is 14.0 Å². The SMILES string of the molecule is Cc1ccc(OCC(=O)N2CCC(c3nn(C)c(=O)n3-c3ccccc3)CC2)cc1. The largest absolute Gasteiger partial charge is 0.484 e. The van der Waals surface area contributed by atoms with Crippen LogP contribution in [0.3, 0.4) is 0 Å². The van der Waals surface area contributed by atoms with Gasteiger partial charge >= 0.3 is 5.69 Å². The highest BCUT2D eigenvalue weighted by Gasteiger charge is 2.28. The quantitative estimate of drug-likeness (QED) is 0.653. The Balaban J connectivity index is 1.40. The van der Waals surface area contributed by atoms with Crippen molar-refractivity contribution in [1.29, 1.82) is 0 Å². The van der Waals surface area contributed by atoms with Gasteiger partial charge < -0.3 is 9.64 Å². The number of benzene rings is 2. The molecule has 1 aromatic heterocycles. The molecule has 1 amide bonds. The van der Waals surface area contributed by atoms with Crippen LogP contribution in [0.15, 0.2) is 59.4 Å². The molecule has 30 heavy (non-hydrogen) atoms. The van der Waals surface area contributed by atoms with Crippen LogP contribution < -0.4 is 10.4 Å². The first-order valence-corrected chi connectivity index (χ1v) is 10.2. The van der Waals surface area contributed by atoms with Crippen LogP contribution >= 0.6 is 0 Å². The van der Waals surface area contributed by atoms with Gasteiger partial charge in [-0.15, -0.1) is 0 Å². The van der Waals surface area contributed by atoms with Gasteiger partial charge in [-0.2, -0.15) is 5.10 Å². The molecular weight excluding hydrogens is 380 g/mol. The summed E-state index contributed by atoms with van der Waals surface area (Å²) in [5.41, 5.74) is 1.82. The number of rotatable bonds is 5. The van der Waals surface area contributed by atoms with Crippen molar-refractivity contribution in [3.63, 3.8) is 0 Å². The number of carbonyl (C=O) groups excluding carboxylic acids is 1. The van der Waals surface area contributed by atoms with Gasteiger partial charge in [0.2, 0.25) is 0 Å². The predicted octanol–water partition coefficient (Wildman–Crippen LogP) is 2.66. The number of amides is 1. The molecule has 7 nitrogen and oxygen atoms in total. The van der Waals surface area contributed by atoms with Crippen molar-refractivity contribution in [1.82, 2.24) is 19.2 Å². The Morgan fingerprint density at radius 2 is 1.73 bits per heavy atom. The summed E-state index contributed by atoms with van der Waals surface area (Å²) in [7, 11) is 1.67. The summed E-state index contributed by atoms with van der Waals surface area (Å²) >= 11 is 0. The van der Waals surface area contributed by atoms with Crippen molar-refractivity contribution in [2.45, 2.75) is 25.7 Å². The molecule has 1 aliphatic rings. The van der Waals surface area contributed by atoms with Crippen LogP contribution in [0.2, 0.25) is 0 Å². The molecule has 2 heterocycles. The number of carbonyl (C=O) groups is 1. The van der Waals surface area contributed by atoms with Gasteiger partial charge in [0.1, 0.15) is 11.6 Å². The summed E-state index contributed by atoms with van der Waals surface area (Å²) in [5, 5.41) is 4.50. The molecule has 1 saturated heterocycles. The molecule has 0 N–H and O–H groups in total. The second-order valence-electron chi connectivity index (χ2n) is 7.69. The fraction of sp³-hybridized carbons (Fsp3) is 0.348. The highest BCUT2D eigenvalue weighted by atomic mass is 16.5. The first-order chi connectivity index (χ1) is 14.5. The van der Waals surface area contributed by atoms with Crippen molar-refractivity contribution in [2.24, 2.45) is 7.05 Å². The smallest absolute Gasteiger partial charge is 0.350 e. The zero-order chi connectivity index (χ0) is 21.1. The number of ether oxygens (including phenoxy) is 1. The van der Waals surface area contributed by atoms with Gasteiger partial charge in [0.25, 0.3) is 5.91 Å². The van der Waals surface area contributed by atoms with Gasteiger partial charge in [0.15, 0.2) is 6.61 Å². The number of likely N-dealkylation sites (tertiary alicyclic amines) is 1. The molecule has 0 aliphatic carbocycles. The molecule has 0 unspecified atom stereocenters. The predicted molar refractivity (Wildman–Crippen MR) is 114 cm³/mol. The standard InChI is InChI=1S/C23H26N4O3/c1-17-8-10-20(11-9-17)30-16-21(28)26-14-12-18(13-15-26)22-24-25(2)23(29)27(22)19-6-4-3-5-7-19/h3-11,18H,12-16H2,1-2H3. The van der Waals surface area contributed by atoms with Crippen LogP contribution in [-0.4, -0.2) is 44.9 Å². The van der Waals surface area contributed by atoms with Crippen molar-refractivity contribution in [3.8, 4) is 11.4 Å². The van der Waals surface area contributed by atoms with Crippen LogP contribution in [-0.2, 0) is 11.8 Å². The molecule has 3 aromatic rings. The molecule has 156 valence electrons. The molecule has 4 rings (SSSR count). The minimum Gasteiger partial charge on any atom is -0.484 e. The molecule has 0 bridgehead atoms. The molecule has 0 radical (unpaired) electrons. The Kier molecular flexibility index (Phi) is 5.70. The van der Waals surface area contributed by atoms with E-state index < -0.39 is 0 Å².